The van der Waals surface area contributed by atoms with Gasteiger partial charge in [0.1, 0.15) is 0 Å². The zero-order valence-corrected chi connectivity index (χ0v) is 11.6. The van der Waals surface area contributed by atoms with Gasteiger partial charge in [0.05, 0.1) is 0 Å². The molecule has 0 atom stereocenters. The topological polar surface area (TPSA) is 15.3 Å². The van der Waals surface area contributed by atoms with E-state index in [9.17, 15) is 0 Å². The smallest absolute Gasteiger partial charge is 0.00221 e. The molecule has 1 aromatic heterocycles. The van der Waals surface area contributed by atoms with Crippen molar-refractivity contribution in [2.24, 2.45) is 5.92 Å². The Balaban J connectivity index is 1.62. The molecule has 0 unspecified atom stereocenters. The summed E-state index contributed by atoms with van der Waals surface area (Å²) in [6.07, 6.45) is 3.97. The fourth-order valence-corrected chi connectivity index (χ4v) is 3.19. The number of thiophene rings is 1. The van der Waals surface area contributed by atoms with Gasteiger partial charge in [0.25, 0.3) is 0 Å². The molecule has 2 heterocycles. The van der Waals surface area contributed by atoms with Crippen LogP contribution in [0.2, 0.25) is 0 Å². The molecule has 0 aliphatic carbocycles. The van der Waals surface area contributed by atoms with E-state index in [0.717, 1.165) is 12.5 Å². The Labute approximate surface area is 109 Å². The molecule has 0 radical (unpaired) electrons. The Hall–Kier alpha value is -0.380. The molecule has 1 fully saturated rings. The molecule has 96 valence electrons. The molecular formula is C14H24N2S. The van der Waals surface area contributed by atoms with Gasteiger partial charge in [0.15, 0.2) is 0 Å². The quantitative estimate of drug-likeness (QED) is 0.837. The molecule has 17 heavy (non-hydrogen) atoms. The van der Waals surface area contributed by atoms with Crippen molar-refractivity contribution in [1.29, 1.82) is 0 Å². The van der Waals surface area contributed by atoms with E-state index in [1.807, 2.05) is 11.3 Å². The Morgan fingerprint density at radius 1 is 1.41 bits per heavy atom. The highest BCUT2D eigenvalue weighted by atomic mass is 32.1. The summed E-state index contributed by atoms with van der Waals surface area (Å²) in [5, 5.41) is 7.92. The molecule has 0 amide bonds. The van der Waals surface area contributed by atoms with E-state index in [-0.39, 0.29) is 0 Å². The lowest BCUT2D eigenvalue weighted by atomic mass is 9.96. The summed E-state index contributed by atoms with van der Waals surface area (Å²) < 4.78 is 0. The SMILES string of the molecule is CCNCC1CCN(CCc2ccsc2)CC1. The van der Waals surface area contributed by atoms with E-state index in [2.05, 4.69) is 34.0 Å². The summed E-state index contributed by atoms with van der Waals surface area (Å²) in [5.41, 5.74) is 1.50. The number of piperidine rings is 1. The fourth-order valence-electron chi connectivity index (χ4n) is 2.48. The van der Waals surface area contributed by atoms with E-state index < -0.39 is 0 Å². The minimum Gasteiger partial charge on any atom is -0.317 e. The Morgan fingerprint density at radius 3 is 2.88 bits per heavy atom. The predicted octanol–water partition coefficient (Wildman–Crippen LogP) is 2.61. The van der Waals surface area contributed by atoms with E-state index in [4.69, 9.17) is 0 Å². The van der Waals surface area contributed by atoms with Crippen LogP contribution in [0, 0.1) is 5.92 Å². The lowest BCUT2D eigenvalue weighted by Gasteiger charge is -2.31. The standard InChI is InChI=1S/C14H24N2S/c1-2-15-11-13-3-7-16(8-4-13)9-5-14-6-10-17-12-14/h6,10,12-13,15H,2-5,7-9,11H2,1H3. The van der Waals surface area contributed by atoms with Crippen molar-refractivity contribution in [3.05, 3.63) is 22.4 Å². The summed E-state index contributed by atoms with van der Waals surface area (Å²) in [4.78, 5) is 2.63. The molecule has 2 rings (SSSR count). The van der Waals surface area contributed by atoms with Gasteiger partial charge in [-0.05, 0) is 73.7 Å². The maximum absolute atomic E-state index is 3.47. The van der Waals surface area contributed by atoms with E-state index in [1.165, 1.54) is 51.0 Å². The summed E-state index contributed by atoms with van der Waals surface area (Å²) in [7, 11) is 0. The van der Waals surface area contributed by atoms with Gasteiger partial charge in [0, 0.05) is 6.54 Å². The van der Waals surface area contributed by atoms with Gasteiger partial charge in [0.2, 0.25) is 0 Å². The number of rotatable bonds is 6. The lowest BCUT2D eigenvalue weighted by Crippen LogP contribution is -2.38. The van der Waals surface area contributed by atoms with Crippen molar-refractivity contribution in [3.8, 4) is 0 Å². The monoisotopic (exact) mass is 252 g/mol. The first-order valence-corrected chi connectivity index (χ1v) is 7.77. The lowest BCUT2D eigenvalue weighted by molar-refractivity contribution is 0.184. The van der Waals surface area contributed by atoms with Crippen molar-refractivity contribution in [2.45, 2.75) is 26.2 Å². The maximum Gasteiger partial charge on any atom is 0.00221 e. The highest BCUT2D eigenvalue weighted by Crippen LogP contribution is 2.17. The van der Waals surface area contributed by atoms with Crippen molar-refractivity contribution in [3.63, 3.8) is 0 Å². The van der Waals surface area contributed by atoms with Crippen molar-refractivity contribution >= 4 is 11.3 Å². The van der Waals surface area contributed by atoms with Crippen LogP contribution >= 0.6 is 11.3 Å². The second kappa shape index (κ2) is 7.14. The largest absolute Gasteiger partial charge is 0.317 e. The molecule has 1 N–H and O–H groups in total. The number of likely N-dealkylation sites (tertiary alicyclic amines) is 1. The van der Waals surface area contributed by atoms with Crippen LogP contribution in [-0.4, -0.2) is 37.6 Å². The van der Waals surface area contributed by atoms with Gasteiger partial charge in [-0.3, -0.25) is 0 Å². The molecule has 1 aliphatic rings. The first-order chi connectivity index (χ1) is 8.38. The minimum atomic E-state index is 0.910. The summed E-state index contributed by atoms with van der Waals surface area (Å²) >= 11 is 1.81. The molecule has 0 saturated carbocycles. The average Bonchev–Trinajstić information content (AvgIpc) is 2.88. The van der Waals surface area contributed by atoms with Crippen LogP contribution in [-0.2, 0) is 6.42 Å². The molecular weight excluding hydrogens is 228 g/mol. The molecule has 0 spiro atoms. The van der Waals surface area contributed by atoms with E-state index in [1.54, 1.807) is 0 Å². The van der Waals surface area contributed by atoms with Crippen LogP contribution in [0.4, 0.5) is 0 Å². The number of nitrogens with zero attached hydrogens (tertiary/aromatic N) is 1. The molecule has 1 aliphatic heterocycles. The van der Waals surface area contributed by atoms with E-state index >= 15 is 0 Å². The van der Waals surface area contributed by atoms with Crippen LogP contribution in [0.3, 0.4) is 0 Å². The molecule has 3 heteroatoms. The van der Waals surface area contributed by atoms with Gasteiger partial charge in [-0.15, -0.1) is 0 Å². The molecule has 0 bridgehead atoms. The van der Waals surface area contributed by atoms with Crippen LogP contribution < -0.4 is 5.32 Å². The summed E-state index contributed by atoms with van der Waals surface area (Å²) in [6, 6.07) is 2.25. The Kier molecular flexibility index (Phi) is 5.49. The van der Waals surface area contributed by atoms with Crippen LogP contribution in [0.5, 0.6) is 0 Å². The Bertz CT molecular complexity index is 289. The van der Waals surface area contributed by atoms with Crippen molar-refractivity contribution in [1.82, 2.24) is 10.2 Å². The third kappa shape index (κ3) is 4.41. The molecule has 2 nitrogen and oxygen atoms in total. The molecule has 1 aromatic rings. The summed E-state index contributed by atoms with van der Waals surface area (Å²) in [5.74, 6) is 0.910. The van der Waals surface area contributed by atoms with Crippen molar-refractivity contribution in [2.75, 3.05) is 32.7 Å². The van der Waals surface area contributed by atoms with Crippen molar-refractivity contribution < 1.29 is 0 Å². The first kappa shape index (κ1) is 13.1. The van der Waals surface area contributed by atoms with E-state index in [0.29, 0.717) is 0 Å². The van der Waals surface area contributed by atoms with Crippen LogP contribution in [0.15, 0.2) is 16.8 Å². The van der Waals surface area contributed by atoms with Crippen LogP contribution in [0.1, 0.15) is 25.3 Å². The first-order valence-electron chi connectivity index (χ1n) is 6.82. The summed E-state index contributed by atoms with van der Waals surface area (Å²) in [6.45, 7) is 8.34. The fraction of sp³-hybridized carbons (Fsp3) is 0.714. The Morgan fingerprint density at radius 2 is 2.24 bits per heavy atom. The third-order valence-electron chi connectivity index (χ3n) is 3.69. The van der Waals surface area contributed by atoms with Gasteiger partial charge in [-0.2, -0.15) is 11.3 Å². The van der Waals surface area contributed by atoms with Gasteiger partial charge in [-0.1, -0.05) is 6.92 Å². The zero-order chi connectivity index (χ0) is 11.9. The van der Waals surface area contributed by atoms with Crippen LogP contribution in [0.25, 0.3) is 0 Å². The highest BCUT2D eigenvalue weighted by molar-refractivity contribution is 7.07. The number of hydrogen-bond acceptors (Lipinski definition) is 3. The average molecular weight is 252 g/mol. The molecule has 1 saturated heterocycles. The normalized spacial score (nSPS) is 18.6. The number of hydrogen-bond donors (Lipinski definition) is 1. The van der Waals surface area contributed by atoms with Gasteiger partial charge >= 0.3 is 0 Å². The minimum absolute atomic E-state index is 0.910. The third-order valence-corrected chi connectivity index (χ3v) is 4.42. The number of nitrogens with one attached hydrogen (secondary N) is 1. The predicted molar refractivity (Wildman–Crippen MR) is 75.7 cm³/mol. The van der Waals surface area contributed by atoms with Gasteiger partial charge in [-0.25, -0.2) is 0 Å². The van der Waals surface area contributed by atoms with Gasteiger partial charge < -0.3 is 10.2 Å². The maximum atomic E-state index is 3.47. The second-order valence-corrected chi connectivity index (χ2v) is 5.75. The second-order valence-electron chi connectivity index (χ2n) is 4.97. The molecule has 0 aromatic carbocycles. The highest BCUT2D eigenvalue weighted by Gasteiger charge is 2.18. The zero-order valence-electron chi connectivity index (χ0n) is 10.8.